The number of rotatable bonds is 5. The van der Waals surface area contributed by atoms with Gasteiger partial charge < -0.3 is 9.47 Å². The molecule has 0 heterocycles. The summed E-state index contributed by atoms with van der Waals surface area (Å²) in [5, 5.41) is 0. The van der Waals surface area contributed by atoms with Crippen molar-refractivity contribution in [1.29, 1.82) is 0 Å². The van der Waals surface area contributed by atoms with Crippen LogP contribution >= 0.6 is 0 Å². The maximum absolute atomic E-state index is 13.5. The van der Waals surface area contributed by atoms with Gasteiger partial charge in [-0.25, -0.2) is 8.78 Å². The quantitative estimate of drug-likeness (QED) is 0.621. The van der Waals surface area contributed by atoms with Gasteiger partial charge in [-0.2, -0.15) is 0 Å². The molecule has 0 spiro atoms. The van der Waals surface area contributed by atoms with Gasteiger partial charge in [-0.15, -0.1) is 0 Å². The third-order valence-corrected chi connectivity index (χ3v) is 3.03. The van der Waals surface area contributed by atoms with Crippen molar-refractivity contribution in [3.63, 3.8) is 0 Å². The molecule has 2 rings (SSSR count). The van der Waals surface area contributed by atoms with Gasteiger partial charge in [0.05, 0.1) is 19.8 Å². The van der Waals surface area contributed by atoms with Crippen molar-refractivity contribution < 1.29 is 23.0 Å². The van der Waals surface area contributed by atoms with E-state index in [0.29, 0.717) is 23.1 Å². The monoisotopic (exact) mass is 304 g/mol. The first kappa shape index (κ1) is 15.7. The topological polar surface area (TPSA) is 35.5 Å². The Kier molecular flexibility index (Phi) is 4.88. The zero-order chi connectivity index (χ0) is 16.1. The van der Waals surface area contributed by atoms with Crippen LogP contribution in [0.1, 0.15) is 15.9 Å². The average molecular weight is 304 g/mol. The molecule has 0 aromatic heterocycles. The van der Waals surface area contributed by atoms with Crippen LogP contribution in [-0.2, 0) is 0 Å². The lowest BCUT2D eigenvalue weighted by molar-refractivity contribution is 0.104. The molecule has 3 nitrogen and oxygen atoms in total. The molecular formula is C17H14F2O3. The standard InChI is InChI=1S/C17H14F2O3/c1-21-16-8-4-11(9-17(16)22-2)3-7-15(20)13-6-5-12(18)10-14(13)19/h3-10H,1-2H3/b7-3+. The molecular weight excluding hydrogens is 290 g/mol. The Morgan fingerprint density at radius 1 is 1.00 bits per heavy atom. The van der Waals surface area contributed by atoms with E-state index in [1.165, 1.54) is 26.4 Å². The molecule has 0 bridgehead atoms. The molecule has 0 atom stereocenters. The number of ketones is 1. The first-order chi connectivity index (χ1) is 10.5. The SMILES string of the molecule is COc1ccc(/C=C/C(=O)c2ccc(F)cc2F)cc1OC. The Hall–Kier alpha value is -2.69. The van der Waals surface area contributed by atoms with Gasteiger partial charge in [-0.1, -0.05) is 12.1 Å². The lowest BCUT2D eigenvalue weighted by atomic mass is 10.1. The molecule has 0 aliphatic heterocycles. The highest BCUT2D eigenvalue weighted by atomic mass is 19.1. The summed E-state index contributed by atoms with van der Waals surface area (Å²) in [6.07, 6.45) is 2.74. The summed E-state index contributed by atoms with van der Waals surface area (Å²) in [7, 11) is 3.03. The zero-order valence-corrected chi connectivity index (χ0v) is 12.1. The maximum Gasteiger partial charge on any atom is 0.188 e. The number of ether oxygens (including phenoxy) is 2. The fourth-order valence-electron chi connectivity index (χ4n) is 1.91. The van der Waals surface area contributed by atoms with Gasteiger partial charge in [-0.05, 0) is 35.9 Å². The molecule has 0 amide bonds. The second kappa shape index (κ2) is 6.85. The number of benzene rings is 2. The third-order valence-electron chi connectivity index (χ3n) is 3.03. The summed E-state index contributed by atoms with van der Waals surface area (Å²) in [5.74, 6) is -1.08. The highest BCUT2D eigenvalue weighted by Gasteiger charge is 2.10. The van der Waals surface area contributed by atoms with Crippen molar-refractivity contribution in [2.45, 2.75) is 0 Å². The largest absolute Gasteiger partial charge is 0.493 e. The van der Waals surface area contributed by atoms with Crippen molar-refractivity contribution in [3.05, 3.63) is 65.2 Å². The van der Waals surface area contributed by atoms with Crippen molar-refractivity contribution >= 4 is 11.9 Å². The van der Waals surface area contributed by atoms with E-state index in [9.17, 15) is 13.6 Å². The number of methoxy groups -OCH3 is 2. The summed E-state index contributed by atoms with van der Waals surface area (Å²) in [4.78, 5) is 11.9. The Morgan fingerprint density at radius 3 is 2.36 bits per heavy atom. The number of allylic oxidation sites excluding steroid dienone is 1. The Balaban J connectivity index is 2.22. The molecule has 5 heteroatoms. The number of carbonyl (C=O) groups excluding carboxylic acids is 1. The smallest absolute Gasteiger partial charge is 0.188 e. The normalized spacial score (nSPS) is 10.7. The predicted octanol–water partition coefficient (Wildman–Crippen LogP) is 3.88. The second-order valence-corrected chi connectivity index (χ2v) is 4.44. The molecule has 114 valence electrons. The summed E-state index contributed by atoms with van der Waals surface area (Å²) >= 11 is 0. The predicted molar refractivity (Wildman–Crippen MR) is 79.3 cm³/mol. The van der Waals surface area contributed by atoms with Gasteiger partial charge in [0.25, 0.3) is 0 Å². The highest BCUT2D eigenvalue weighted by molar-refractivity contribution is 6.07. The van der Waals surface area contributed by atoms with Crippen molar-refractivity contribution in [2.75, 3.05) is 14.2 Å². The molecule has 0 radical (unpaired) electrons. The number of hydrogen-bond donors (Lipinski definition) is 0. The van der Waals surface area contributed by atoms with Crippen LogP contribution in [0.5, 0.6) is 11.5 Å². The highest BCUT2D eigenvalue weighted by Crippen LogP contribution is 2.28. The average Bonchev–Trinajstić information content (AvgIpc) is 2.52. The molecule has 0 N–H and O–H groups in total. The van der Waals surface area contributed by atoms with Crippen molar-refractivity contribution in [1.82, 2.24) is 0 Å². The lowest BCUT2D eigenvalue weighted by Gasteiger charge is -2.07. The van der Waals surface area contributed by atoms with Crippen LogP contribution in [0.4, 0.5) is 8.78 Å². The number of hydrogen-bond acceptors (Lipinski definition) is 3. The minimum atomic E-state index is -0.887. The van der Waals surface area contributed by atoms with Crippen LogP contribution in [0, 0.1) is 11.6 Å². The first-order valence-electron chi connectivity index (χ1n) is 6.44. The molecule has 0 fully saturated rings. The van der Waals surface area contributed by atoms with E-state index in [4.69, 9.17) is 9.47 Å². The fourth-order valence-corrected chi connectivity index (χ4v) is 1.91. The van der Waals surface area contributed by atoms with E-state index >= 15 is 0 Å². The van der Waals surface area contributed by atoms with Gasteiger partial charge in [0.15, 0.2) is 17.3 Å². The molecule has 2 aromatic rings. The van der Waals surface area contributed by atoms with Gasteiger partial charge in [-0.3, -0.25) is 4.79 Å². The zero-order valence-electron chi connectivity index (χ0n) is 12.1. The number of halogens is 2. The van der Waals surface area contributed by atoms with Crippen LogP contribution in [0.15, 0.2) is 42.5 Å². The minimum Gasteiger partial charge on any atom is -0.493 e. The van der Waals surface area contributed by atoms with E-state index in [1.54, 1.807) is 18.2 Å². The van der Waals surface area contributed by atoms with Crippen molar-refractivity contribution in [3.8, 4) is 11.5 Å². The van der Waals surface area contributed by atoms with E-state index in [0.717, 1.165) is 12.1 Å². The molecule has 0 saturated carbocycles. The van der Waals surface area contributed by atoms with Crippen LogP contribution in [0.25, 0.3) is 6.08 Å². The Morgan fingerprint density at radius 2 is 1.73 bits per heavy atom. The molecule has 22 heavy (non-hydrogen) atoms. The van der Waals surface area contributed by atoms with Crippen LogP contribution in [-0.4, -0.2) is 20.0 Å². The van der Waals surface area contributed by atoms with Crippen LogP contribution < -0.4 is 9.47 Å². The van der Waals surface area contributed by atoms with E-state index < -0.39 is 17.4 Å². The fraction of sp³-hybridized carbons (Fsp3) is 0.118. The summed E-state index contributed by atoms with van der Waals surface area (Å²) in [5.41, 5.74) is 0.506. The minimum absolute atomic E-state index is 0.182. The maximum atomic E-state index is 13.5. The molecule has 0 saturated heterocycles. The first-order valence-corrected chi connectivity index (χ1v) is 6.44. The van der Waals surface area contributed by atoms with E-state index in [2.05, 4.69) is 0 Å². The van der Waals surface area contributed by atoms with E-state index in [1.807, 2.05) is 0 Å². The van der Waals surface area contributed by atoms with E-state index in [-0.39, 0.29) is 5.56 Å². The van der Waals surface area contributed by atoms with Gasteiger partial charge in [0.2, 0.25) is 0 Å². The number of carbonyl (C=O) groups is 1. The molecule has 0 aliphatic carbocycles. The molecule has 0 aliphatic rings. The van der Waals surface area contributed by atoms with Gasteiger partial charge in [0, 0.05) is 6.07 Å². The lowest BCUT2D eigenvalue weighted by Crippen LogP contribution is -1.99. The second-order valence-electron chi connectivity index (χ2n) is 4.44. The van der Waals surface area contributed by atoms with Gasteiger partial charge in [0.1, 0.15) is 11.6 Å². The molecule has 0 unspecified atom stereocenters. The van der Waals surface area contributed by atoms with Crippen molar-refractivity contribution in [2.24, 2.45) is 0 Å². The third kappa shape index (κ3) is 3.49. The van der Waals surface area contributed by atoms with Crippen LogP contribution in [0.2, 0.25) is 0 Å². The molecule has 2 aromatic carbocycles. The summed E-state index contributed by atoms with van der Waals surface area (Å²) < 4.78 is 36.6. The Labute approximate surface area is 126 Å². The Bertz CT molecular complexity index is 724. The van der Waals surface area contributed by atoms with Gasteiger partial charge >= 0.3 is 0 Å². The van der Waals surface area contributed by atoms with Crippen LogP contribution in [0.3, 0.4) is 0 Å². The summed E-state index contributed by atoms with van der Waals surface area (Å²) in [6.45, 7) is 0. The summed E-state index contributed by atoms with van der Waals surface area (Å²) in [6, 6.07) is 7.95.